The lowest BCUT2D eigenvalue weighted by Gasteiger charge is -2.45. The Labute approximate surface area is 182 Å². The van der Waals surface area contributed by atoms with Crippen LogP contribution in [0.1, 0.15) is 18.4 Å². The van der Waals surface area contributed by atoms with Crippen LogP contribution in [-0.2, 0) is 6.18 Å². The fourth-order valence-corrected chi connectivity index (χ4v) is 4.32. The molecule has 5 rings (SSSR count). The first-order valence-corrected chi connectivity index (χ1v) is 10.3. The third kappa shape index (κ3) is 3.74. The van der Waals surface area contributed by atoms with Crippen molar-refractivity contribution >= 4 is 23.2 Å². The second kappa shape index (κ2) is 7.81. The van der Waals surface area contributed by atoms with Crippen molar-refractivity contribution in [3.05, 3.63) is 66.5 Å². The number of amides is 2. The number of nitrogens with one attached hydrogen (secondary N) is 1. The summed E-state index contributed by atoms with van der Waals surface area (Å²) in [5, 5.41) is 2.88. The zero-order chi connectivity index (χ0) is 22.3. The number of pyridine rings is 2. The zero-order valence-electron chi connectivity index (χ0n) is 17.0. The Morgan fingerprint density at radius 1 is 1.09 bits per heavy atom. The van der Waals surface area contributed by atoms with Crippen LogP contribution in [0.3, 0.4) is 0 Å². The number of aromatic nitrogens is 2. The molecule has 1 fully saturated rings. The SMILES string of the molecule is O=C(Nc1ccncc1)N1c2nc(-c3cccc(C(F)(F)F)c3)ccc2N2CCCC1C2. The van der Waals surface area contributed by atoms with E-state index in [1.165, 1.54) is 6.07 Å². The molecule has 1 N–H and O–H groups in total. The van der Waals surface area contributed by atoms with E-state index in [1.54, 1.807) is 41.6 Å². The molecule has 2 aliphatic heterocycles. The maximum absolute atomic E-state index is 13.3. The Kier molecular flexibility index (Phi) is 4.96. The Morgan fingerprint density at radius 3 is 2.69 bits per heavy atom. The molecule has 2 aromatic heterocycles. The number of nitrogens with zero attached hydrogens (tertiary/aromatic N) is 4. The Hall–Kier alpha value is -3.62. The minimum atomic E-state index is -4.44. The summed E-state index contributed by atoms with van der Waals surface area (Å²) < 4.78 is 39.6. The Balaban J connectivity index is 1.55. The lowest BCUT2D eigenvalue weighted by Crippen LogP contribution is -2.56. The molecule has 1 saturated heterocycles. The van der Waals surface area contributed by atoms with Crippen LogP contribution in [0.4, 0.5) is 35.2 Å². The van der Waals surface area contributed by atoms with Crippen LogP contribution in [0.5, 0.6) is 0 Å². The van der Waals surface area contributed by atoms with Crippen molar-refractivity contribution in [2.75, 3.05) is 28.2 Å². The molecule has 4 heterocycles. The normalized spacial score (nSPS) is 17.7. The van der Waals surface area contributed by atoms with E-state index < -0.39 is 11.7 Å². The number of carbonyl (C=O) groups excluding carboxylic acids is 1. The number of rotatable bonds is 2. The molecule has 1 atom stereocenters. The summed E-state index contributed by atoms with van der Waals surface area (Å²) in [5.74, 6) is 0.461. The highest BCUT2D eigenvalue weighted by atomic mass is 19.4. The van der Waals surface area contributed by atoms with Gasteiger partial charge < -0.3 is 10.2 Å². The molecular weight excluding hydrogens is 419 g/mol. The van der Waals surface area contributed by atoms with Crippen molar-refractivity contribution in [2.24, 2.45) is 0 Å². The number of halogens is 3. The first-order valence-electron chi connectivity index (χ1n) is 10.3. The van der Waals surface area contributed by atoms with Gasteiger partial charge in [-0.15, -0.1) is 0 Å². The molecule has 1 unspecified atom stereocenters. The van der Waals surface area contributed by atoms with Gasteiger partial charge in [-0.1, -0.05) is 12.1 Å². The highest BCUT2D eigenvalue weighted by Gasteiger charge is 2.38. The Morgan fingerprint density at radius 2 is 1.91 bits per heavy atom. The van der Waals surface area contributed by atoms with Crippen molar-refractivity contribution in [3.63, 3.8) is 0 Å². The monoisotopic (exact) mass is 439 g/mol. The highest BCUT2D eigenvalue weighted by Crippen LogP contribution is 2.40. The lowest BCUT2D eigenvalue weighted by molar-refractivity contribution is -0.137. The quantitative estimate of drug-likeness (QED) is 0.598. The molecular formula is C23H20F3N5O. The van der Waals surface area contributed by atoms with Gasteiger partial charge in [0.05, 0.1) is 23.0 Å². The summed E-state index contributed by atoms with van der Waals surface area (Å²) in [6.45, 7) is 1.55. The van der Waals surface area contributed by atoms with Gasteiger partial charge in [-0.3, -0.25) is 9.88 Å². The van der Waals surface area contributed by atoms with E-state index in [0.717, 1.165) is 37.2 Å². The predicted molar refractivity (Wildman–Crippen MR) is 116 cm³/mol. The van der Waals surface area contributed by atoms with Crippen LogP contribution in [-0.4, -0.2) is 35.1 Å². The number of carbonyl (C=O) groups is 1. The van der Waals surface area contributed by atoms with E-state index >= 15 is 0 Å². The van der Waals surface area contributed by atoms with Gasteiger partial charge in [-0.05, 0) is 49.2 Å². The van der Waals surface area contributed by atoms with E-state index in [-0.39, 0.29) is 12.1 Å². The average Bonchev–Trinajstić information content (AvgIpc) is 2.79. The molecule has 1 aromatic carbocycles. The minimum absolute atomic E-state index is 0.0673. The number of hydrogen-bond acceptors (Lipinski definition) is 4. The van der Waals surface area contributed by atoms with Crippen LogP contribution >= 0.6 is 0 Å². The number of urea groups is 1. The molecule has 2 amide bonds. The number of anilines is 3. The zero-order valence-corrected chi connectivity index (χ0v) is 17.0. The first kappa shape index (κ1) is 20.3. The van der Waals surface area contributed by atoms with Crippen LogP contribution in [0.15, 0.2) is 60.9 Å². The third-order valence-corrected chi connectivity index (χ3v) is 5.82. The van der Waals surface area contributed by atoms with Gasteiger partial charge in [-0.2, -0.15) is 13.2 Å². The summed E-state index contributed by atoms with van der Waals surface area (Å²) in [4.78, 5) is 25.7. The van der Waals surface area contributed by atoms with Gasteiger partial charge in [-0.25, -0.2) is 9.78 Å². The fourth-order valence-electron chi connectivity index (χ4n) is 4.32. The second-order valence-electron chi connectivity index (χ2n) is 7.90. The molecule has 2 aliphatic rings. The number of piperidine rings is 1. The molecule has 32 heavy (non-hydrogen) atoms. The van der Waals surface area contributed by atoms with Crippen molar-refractivity contribution in [3.8, 4) is 11.3 Å². The van der Waals surface area contributed by atoms with E-state index in [0.29, 0.717) is 29.3 Å². The van der Waals surface area contributed by atoms with Gasteiger partial charge in [0, 0.05) is 36.7 Å². The number of hydrogen-bond donors (Lipinski definition) is 1. The van der Waals surface area contributed by atoms with Crippen LogP contribution in [0, 0.1) is 0 Å². The molecule has 0 saturated carbocycles. The molecule has 0 radical (unpaired) electrons. The highest BCUT2D eigenvalue weighted by molar-refractivity contribution is 6.04. The van der Waals surface area contributed by atoms with Crippen molar-refractivity contribution in [1.29, 1.82) is 0 Å². The van der Waals surface area contributed by atoms with Crippen LogP contribution < -0.4 is 15.1 Å². The van der Waals surface area contributed by atoms with Crippen LogP contribution in [0.2, 0.25) is 0 Å². The molecule has 9 heteroatoms. The van der Waals surface area contributed by atoms with E-state index in [9.17, 15) is 18.0 Å². The molecule has 2 bridgehead atoms. The molecule has 164 valence electrons. The van der Waals surface area contributed by atoms with Crippen LogP contribution in [0.25, 0.3) is 11.3 Å². The van der Waals surface area contributed by atoms with Crippen molar-refractivity contribution in [2.45, 2.75) is 25.1 Å². The smallest absolute Gasteiger partial charge is 0.366 e. The van der Waals surface area contributed by atoms with E-state index in [1.807, 2.05) is 6.07 Å². The lowest BCUT2D eigenvalue weighted by atomic mass is 9.99. The second-order valence-corrected chi connectivity index (χ2v) is 7.90. The minimum Gasteiger partial charge on any atom is -0.366 e. The van der Waals surface area contributed by atoms with Gasteiger partial charge in [0.1, 0.15) is 0 Å². The van der Waals surface area contributed by atoms with E-state index in [4.69, 9.17) is 0 Å². The van der Waals surface area contributed by atoms with Gasteiger partial charge >= 0.3 is 12.2 Å². The van der Waals surface area contributed by atoms with E-state index in [2.05, 4.69) is 20.2 Å². The first-order chi connectivity index (χ1) is 15.4. The summed E-state index contributed by atoms with van der Waals surface area (Å²) in [5.41, 5.74) is 1.42. The standard InChI is InChI=1S/C23H20F3N5O/c24-23(25,26)16-4-1-3-15(13-16)19-6-7-20-21(29-19)31(18-5-2-12-30(20)14-18)22(32)28-17-8-10-27-11-9-17/h1,3-4,6-11,13,18H,2,5,12,14H2,(H,27,28,32). The number of fused-ring (bicyclic) bond motifs is 4. The maximum Gasteiger partial charge on any atom is 0.416 e. The Bertz CT molecular complexity index is 1150. The molecule has 3 aromatic rings. The molecule has 0 aliphatic carbocycles. The largest absolute Gasteiger partial charge is 0.416 e. The summed E-state index contributed by atoms with van der Waals surface area (Å²) in [6, 6.07) is 11.6. The van der Waals surface area contributed by atoms with Gasteiger partial charge in [0.2, 0.25) is 0 Å². The summed E-state index contributed by atoms with van der Waals surface area (Å²) in [7, 11) is 0. The van der Waals surface area contributed by atoms with Gasteiger partial charge in [0.25, 0.3) is 0 Å². The average molecular weight is 439 g/mol. The molecule has 6 nitrogen and oxygen atoms in total. The summed E-state index contributed by atoms with van der Waals surface area (Å²) >= 11 is 0. The fraction of sp³-hybridized carbons (Fsp3) is 0.261. The van der Waals surface area contributed by atoms with Crippen molar-refractivity contribution < 1.29 is 18.0 Å². The van der Waals surface area contributed by atoms with Crippen molar-refractivity contribution in [1.82, 2.24) is 9.97 Å². The third-order valence-electron chi connectivity index (χ3n) is 5.82. The van der Waals surface area contributed by atoms with Gasteiger partial charge in [0.15, 0.2) is 5.82 Å². The maximum atomic E-state index is 13.3. The number of benzene rings is 1. The number of alkyl halides is 3. The topological polar surface area (TPSA) is 61.4 Å². The molecule has 0 spiro atoms. The predicted octanol–water partition coefficient (Wildman–Crippen LogP) is 5.18. The summed E-state index contributed by atoms with van der Waals surface area (Å²) in [6.07, 6.45) is 0.509.